The number of primary amides is 1. The molecule has 0 bridgehead atoms. The highest BCUT2D eigenvalue weighted by Crippen LogP contribution is 2.36. The van der Waals surface area contributed by atoms with Gasteiger partial charge in [-0.3, -0.25) is 4.79 Å². The number of halogens is 3. The predicted octanol–water partition coefficient (Wildman–Crippen LogP) is 4.49. The molecule has 0 heterocycles. The van der Waals surface area contributed by atoms with Crippen LogP contribution in [0.1, 0.15) is 15.9 Å². The minimum atomic E-state index is -0.624. The van der Waals surface area contributed by atoms with E-state index >= 15 is 0 Å². The van der Waals surface area contributed by atoms with Crippen LogP contribution in [0.3, 0.4) is 0 Å². The van der Waals surface area contributed by atoms with E-state index in [0.29, 0.717) is 27.1 Å². The smallest absolute Gasteiger partial charge is 0.250 e. The summed E-state index contributed by atoms with van der Waals surface area (Å²) < 4.78 is 0.785. The molecule has 21 heavy (non-hydrogen) atoms. The summed E-state index contributed by atoms with van der Waals surface area (Å²) in [6, 6.07) is 6.61. The molecule has 0 saturated heterocycles. The molecule has 5 N–H and O–H groups in total. The van der Waals surface area contributed by atoms with Crippen LogP contribution in [-0.2, 0) is 0 Å². The Morgan fingerprint density at radius 3 is 2.48 bits per heavy atom. The van der Waals surface area contributed by atoms with E-state index in [4.69, 9.17) is 34.7 Å². The number of benzene rings is 2. The van der Waals surface area contributed by atoms with E-state index in [-0.39, 0.29) is 5.56 Å². The molecule has 0 spiro atoms. The quantitative estimate of drug-likeness (QED) is 0.677. The second-order valence-electron chi connectivity index (χ2n) is 4.50. The molecule has 2 rings (SSSR count). The molecule has 0 aliphatic carbocycles. The second-order valence-corrected chi connectivity index (χ2v) is 6.16. The number of aryl methyl sites for hydroxylation is 1. The van der Waals surface area contributed by atoms with E-state index in [1.807, 2.05) is 13.0 Å². The molecule has 7 heteroatoms. The summed E-state index contributed by atoms with van der Waals surface area (Å²) in [6.45, 7) is 1.89. The van der Waals surface area contributed by atoms with Crippen molar-refractivity contribution in [1.82, 2.24) is 0 Å². The lowest BCUT2D eigenvalue weighted by Crippen LogP contribution is -2.14. The monoisotopic (exact) mass is 387 g/mol. The topological polar surface area (TPSA) is 81.1 Å². The van der Waals surface area contributed by atoms with Crippen molar-refractivity contribution in [2.45, 2.75) is 6.92 Å². The Labute approximate surface area is 140 Å². The first-order chi connectivity index (χ1) is 9.79. The van der Waals surface area contributed by atoms with Gasteiger partial charge in [-0.05, 0) is 52.7 Å². The third-order valence-corrected chi connectivity index (χ3v) is 4.25. The molecule has 0 aliphatic heterocycles. The van der Waals surface area contributed by atoms with Gasteiger partial charge in [0.1, 0.15) is 0 Å². The average molecular weight is 389 g/mol. The van der Waals surface area contributed by atoms with Crippen molar-refractivity contribution in [3.8, 4) is 0 Å². The molecule has 0 aromatic heterocycles. The van der Waals surface area contributed by atoms with Gasteiger partial charge in [0.05, 0.1) is 22.0 Å². The first-order valence-corrected chi connectivity index (χ1v) is 7.46. The molecule has 2 aromatic carbocycles. The van der Waals surface area contributed by atoms with Crippen LogP contribution in [0, 0.1) is 6.92 Å². The summed E-state index contributed by atoms with van der Waals surface area (Å²) >= 11 is 15.7. The Bertz CT molecular complexity index is 735. The lowest BCUT2D eigenvalue weighted by Gasteiger charge is -2.15. The summed E-state index contributed by atoms with van der Waals surface area (Å²) in [7, 11) is 0. The maximum absolute atomic E-state index is 11.6. The van der Waals surface area contributed by atoms with Gasteiger partial charge in [-0.1, -0.05) is 23.2 Å². The number of nitrogens with one attached hydrogen (secondary N) is 1. The SMILES string of the molecule is Cc1cc(Br)c(Nc2c(Cl)cc(N)cc2C(N)=O)cc1Cl. The number of nitrogens with two attached hydrogens (primary N) is 2. The van der Waals surface area contributed by atoms with Crippen LogP contribution in [0.4, 0.5) is 17.1 Å². The third kappa shape index (κ3) is 3.43. The predicted molar refractivity (Wildman–Crippen MR) is 91.6 cm³/mol. The highest BCUT2D eigenvalue weighted by molar-refractivity contribution is 9.10. The summed E-state index contributed by atoms with van der Waals surface area (Å²) in [5.74, 6) is -0.624. The summed E-state index contributed by atoms with van der Waals surface area (Å²) in [5, 5.41) is 3.96. The normalized spacial score (nSPS) is 10.5. The van der Waals surface area contributed by atoms with Gasteiger partial charge in [0.25, 0.3) is 5.91 Å². The molecule has 1 amide bonds. The maximum Gasteiger partial charge on any atom is 0.250 e. The lowest BCUT2D eigenvalue weighted by atomic mass is 10.1. The van der Waals surface area contributed by atoms with Crippen molar-refractivity contribution < 1.29 is 4.79 Å². The number of carbonyl (C=O) groups is 1. The average Bonchev–Trinajstić information content (AvgIpc) is 2.38. The van der Waals surface area contributed by atoms with Crippen molar-refractivity contribution >= 4 is 62.1 Å². The van der Waals surface area contributed by atoms with E-state index in [9.17, 15) is 4.79 Å². The molecule has 0 atom stereocenters. The molecule has 4 nitrogen and oxygen atoms in total. The van der Waals surface area contributed by atoms with E-state index in [1.165, 1.54) is 6.07 Å². The first kappa shape index (κ1) is 15.9. The molecule has 110 valence electrons. The minimum absolute atomic E-state index is 0.212. The van der Waals surface area contributed by atoms with E-state index in [0.717, 1.165) is 10.0 Å². The number of amides is 1. The number of hydrogen-bond donors (Lipinski definition) is 3. The van der Waals surface area contributed by atoms with Crippen molar-refractivity contribution in [3.05, 3.63) is 49.9 Å². The molecule has 0 aliphatic rings. The van der Waals surface area contributed by atoms with Crippen LogP contribution < -0.4 is 16.8 Å². The molecule has 0 saturated carbocycles. The number of hydrogen-bond acceptors (Lipinski definition) is 3. The fourth-order valence-corrected chi connectivity index (χ4v) is 2.82. The summed E-state index contributed by atoms with van der Waals surface area (Å²) in [5.41, 5.74) is 13.6. The number of anilines is 3. The van der Waals surface area contributed by atoms with E-state index in [1.54, 1.807) is 12.1 Å². The number of rotatable bonds is 3. The third-order valence-electron chi connectivity index (χ3n) is 2.89. The summed E-state index contributed by atoms with van der Waals surface area (Å²) in [4.78, 5) is 11.6. The largest absolute Gasteiger partial charge is 0.399 e. The fraction of sp³-hybridized carbons (Fsp3) is 0.0714. The van der Waals surface area contributed by atoms with E-state index in [2.05, 4.69) is 21.2 Å². The Hall–Kier alpha value is -1.43. The molecule has 0 unspecified atom stereocenters. The number of carbonyl (C=O) groups excluding carboxylic acids is 1. The van der Waals surface area contributed by atoms with Gasteiger partial charge in [0.2, 0.25) is 0 Å². The van der Waals surface area contributed by atoms with Crippen LogP contribution in [0.5, 0.6) is 0 Å². The molecular formula is C14H12BrCl2N3O. The minimum Gasteiger partial charge on any atom is -0.399 e. The van der Waals surface area contributed by atoms with Gasteiger partial charge in [-0.15, -0.1) is 0 Å². The zero-order valence-electron chi connectivity index (χ0n) is 11.0. The van der Waals surface area contributed by atoms with Crippen molar-refractivity contribution in [3.63, 3.8) is 0 Å². The van der Waals surface area contributed by atoms with Crippen molar-refractivity contribution in [2.75, 3.05) is 11.1 Å². The Morgan fingerprint density at radius 1 is 1.19 bits per heavy atom. The second kappa shape index (κ2) is 6.13. The molecular weight excluding hydrogens is 377 g/mol. The Kier molecular flexibility index (Phi) is 4.66. The molecule has 0 fully saturated rings. The van der Waals surface area contributed by atoms with Crippen LogP contribution in [0.2, 0.25) is 10.0 Å². The van der Waals surface area contributed by atoms with Crippen LogP contribution in [0.25, 0.3) is 0 Å². The van der Waals surface area contributed by atoms with Gasteiger partial charge in [0.15, 0.2) is 0 Å². The van der Waals surface area contributed by atoms with Crippen LogP contribution >= 0.6 is 39.1 Å². The van der Waals surface area contributed by atoms with Gasteiger partial charge in [-0.25, -0.2) is 0 Å². The van der Waals surface area contributed by atoms with Gasteiger partial charge < -0.3 is 16.8 Å². The summed E-state index contributed by atoms with van der Waals surface area (Å²) in [6.07, 6.45) is 0. The number of nitrogen functional groups attached to an aromatic ring is 1. The van der Waals surface area contributed by atoms with Crippen molar-refractivity contribution in [2.24, 2.45) is 5.73 Å². The zero-order chi connectivity index (χ0) is 15.7. The van der Waals surface area contributed by atoms with E-state index < -0.39 is 5.91 Å². The van der Waals surface area contributed by atoms with Crippen LogP contribution in [0.15, 0.2) is 28.7 Å². The maximum atomic E-state index is 11.6. The first-order valence-electron chi connectivity index (χ1n) is 5.91. The lowest BCUT2D eigenvalue weighted by molar-refractivity contribution is 0.100. The van der Waals surface area contributed by atoms with Gasteiger partial charge in [0, 0.05) is 15.2 Å². The Balaban J connectivity index is 2.54. The van der Waals surface area contributed by atoms with Gasteiger partial charge in [-0.2, -0.15) is 0 Å². The molecule has 0 radical (unpaired) electrons. The van der Waals surface area contributed by atoms with Crippen LogP contribution in [-0.4, -0.2) is 5.91 Å². The fourth-order valence-electron chi connectivity index (χ4n) is 1.83. The van der Waals surface area contributed by atoms with Gasteiger partial charge >= 0.3 is 0 Å². The molecule has 2 aromatic rings. The highest BCUT2D eigenvalue weighted by Gasteiger charge is 2.15. The Morgan fingerprint density at radius 2 is 1.86 bits per heavy atom. The highest BCUT2D eigenvalue weighted by atomic mass is 79.9. The standard InChI is InChI=1S/C14H12BrCl2N3O/c1-6-2-9(15)12(5-10(6)16)20-13-8(14(19)21)3-7(18)4-11(13)17/h2-5,20H,18H2,1H3,(H2,19,21). The zero-order valence-corrected chi connectivity index (χ0v) is 14.1. The van der Waals surface area contributed by atoms with Crippen molar-refractivity contribution in [1.29, 1.82) is 0 Å².